The molecule has 2 aliphatic carbocycles. The molecule has 0 saturated heterocycles. The van der Waals surface area contributed by atoms with E-state index in [0.717, 1.165) is 6.04 Å². The fourth-order valence-corrected chi connectivity index (χ4v) is 3.73. The number of hydrogen-bond donors (Lipinski definition) is 1. The van der Waals surface area contributed by atoms with Gasteiger partial charge in [0.15, 0.2) is 0 Å². The molecule has 0 aromatic heterocycles. The Labute approximate surface area is 117 Å². The van der Waals surface area contributed by atoms with Crippen molar-refractivity contribution in [1.82, 2.24) is 4.90 Å². The van der Waals surface area contributed by atoms with Crippen molar-refractivity contribution in [3.8, 4) is 0 Å². The predicted octanol–water partition coefficient (Wildman–Crippen LogP) is 3.44. The second kappa shape index (κ2) is 5.26. The minimum atomic E-state index is 0.194. The molecule has 1 saturated carbocycles. The molecule has 0 radical (unpaired) electrons. The third-order valence-corrected chi connectivity index (χ3v) is 4.82. The molecular formula is C17H26N2. The molecule has 1 fully saturated rings. The smallest absolute Gasteiger partial charge is 0.0456 e. The molecule has 2 N–H and O–H groups in total. The Morgan fingerprint density at radius 3 is 2.53 bits per heavy atom. The van der Waals surface area contributed by atoms with Crippen LogP contribution in [0.5, 0.6) is 0 Å². The maximum atomic E-state index is 6.61. The van der Waals surface area contributed by atoms with Crippen LogP contribution in [0.15, 0.2) is 24.3 Å². The lowest BCUT2D eigenvalue weighted by molar-refractivity contribution is 0.138. The molecule has 0 bridgehead atoms. The topological polar surface area (TPSA) is 29.3 Å². The molecule has 3 atom stereocenters. The van der Waals surface area contributed by atoms with Gasteiger partial charge in [0.25, 0.3) is 0 Å². The summed E-state index contributed by atoms with van der Waals surface area (Å²) >= 11 is 0. The SMILES string of the molecule is CCCN(C1CC1)C1CC(C)c2ccccc2C1N. The van der Waals surface area contributed by atoms with Crippen molar-refractivity contribution < 1.29 is 0 Å². The Morgan fingerprint density at radius 2 is 1.89 bits per heavy atom. The highest BCUT2D eigenvalue weighted by molar-refractivity contribution is 5.36. The van der Waals surface area contributed by atoms with Crippen molar-refractivity contribution in [2.75, 3.05) is 6.54 Å². The molecule has 19 heavy (non-hydrogen) atoms. The molecule has 1 aromatic rings. The summed E-state index contributed by atoms with van der Waals surface area (Å²) in [5.41, 5.74) is 9.46. The third kappa shape index (κ3) is 2.44. The molecule has 2 nitrogen and oxygen atoms in total. The standard InChI is InChI=1S/C17H26N2/c1-3-10-19(13-8-9-13)16-11-12(2)14-6-4-5-7-15(14)17(16)18/h4-7,12-13,16-17H,3,8-11,18H2,1-2H3. The van der Waals surface area contributed by atoms with Crippen molar-refractivity contribution >= 4 is 0 Å². The van der Waals surface area contributed by atoms with Crippen molar-refractivity contribution in [1.29, 1.82) is 0 Å². The molecule has 0 amide bonds. The third-order valence-electron chi connectivity index (χ3n) is 4.82. The largest absolute Gasteiger partial charge is 0.323 e. The quantitative estimate of drug-likeness (QED) is 0.896. The van der Waals surface area contributed by atoms with E-state index < -0.39 is 0 Å². The zero-order valence-corrected chi connectivity index (χ0v) is 12.2. The molecule has 2 aliphatic rings. The van der Waals surface area contributed by atoms with Crippen LogP contribution in [0.2, 0.25) is 0 Å². The average Bonchev–Trinajstić information content (AvgIpc) is 3.25. The summed E-state index contributed by atoms with van der Waals surface area (Å²) in [5, 5.41) is 0. The Kier molecular flexibility index (Phi) is 3.64. The molecule has 0 aliphatic heterocycles. The van der Waals surface area contributed by atoms with E-state index >= 15 is 0 Å². The van der Waals surface area contributed by atoms with Crippen molar-refractivity contribution in [3.05, 3.63) is 35.4 Å². The van der Waals surface area contributed by atoms with E-state index in [-0.39, 0.29) is 6.04 Å². The van der Waals surface area contributed by atoms with Crippen LogP contribution in [0, 0.1) is 0 Å². The zero-order valence-electron chi connectivity index (χ0n) is 12.2. The summed E-state index contributed by atoms with van der Waals surface area (Å²) in [6.45, 7) is 5.84. The molecule has 0 spiro atoms. The summed E-state index contributed by atoms with van der Waals surface area (Å²) in [4.78, 5) is 2.71. The summed E-state index contributed by atoms with van der Waals surface area (Å²) in [6, 6.07) is 10.3. The van der Waals surface area contributed by atoms with Crippen LogP contribution in [-0.4, -0.2) is 23.5 Å². The minimum absolute atomic E-state index is 0.194. The normalized spacial score (nSPS) is 30.4. The first-order valence-electron chi connectivity index (χ1n) is 7.82. The van der Waals surface area contributed by atoms with Gasteiger partial charge in [0, 0.05) is 18.1 Å². The van der Waals surface area contributed by atoms with Crippen LogP contribution in [0.4, 0.5) is 0 Å². The number of fused-ring (bicyclic) bond motifs is 1. The molecule has 2 heteroatoms. The Balaban J connectivity index is 1.88. The van der Waals surface area contributed by atoms with E-state index in [2.05, 4.69) is 43.0 Å². The van der Waals surface area contributed by atoms with Gasteiger partial charge in [0.2, 0.25) is 0 Å². The number of rotatable bonds is 4. The first kappa shape index (κ1) is 13.1. The Morgan fingerprint density at radius 1 is 1.21 bits per heavy atom. The van der Waals surface area contributed by atoms with Gasteiger partial charge in [0.05, 0.1) is 0 Å². The summed E-state index contributed by atoms with van der Waals surface area (Å²) in [7, 11) is 0. The van der Waals surface area contributed by atoms with E-state index in [4.69, 9.17) is 5.73 Å². The van der Waals surface area contributed by atoms with Crippen molar-refractivity contribution in [3.63, 3.8) is 0 Å². The molecular weight excluding hydrogens is 232 g/mol. The van der Waals surface area contributed by atoms with Gasteiger partial charge in [-0.3, -0.25) is 4.90 Å². The summed E-state index contributed by atoms with van der Waals surface area (Å²) < 4.78 is 0. The number of nitrogens with two attached hydrogens (primary N) is 1. The van der Waals surface area contributed by atoms with Gasteiger partial charge < -0.3 is 5.73 Å². The van der Waals surface area contributed by atoms with Crippen LogP contribution in [-0.2, 0) is 0 Å². The number of benzene rings is 1. The summed E-state index contributed by atoms with van der Waals surface area (Å²) in [6.07, 6.45) is 5.20. The highest BCUT2D eigenvalue weighted by Gasteiger charge is 2.40. The highest BCUT2D eigenvalue weighted by atomic mass is 15.2. The van der Waals surface area contributed by atoms with Crippen LogP contribution in [0.3, 0.4) is 0 Å². The zero-order chi connectivity index (χ0) is 13.4. The van der Waals surface area contributed by atoms with Crippen LogP contribution >= 0.6 is 0 Å². The van der Waals surface area contributed by atoms with Gasteiger partial charge in [0.1, 0.15) is 0 Å². The van der Waals surface area contributed by atoms with Gasteiger partial charge in [-0.2, -0.15) is 0 Å². The van der Waals surface area contributed by atoms with Gasteiger partial charge in [-0.25, -0.2) is 0 Å². The fraction of sp³-hybridized carbons (Fsp3) is 0.647. The molecule has 0 heterocycles. The van der Waals surface area contributed by atoms with Crippen molar-refractivity contribution in [2.24, 2.45) is 5.73 Å². The Hall–Kier alpha value is -0.860. The van der Waals surface area contributed by atoms with Gasteiger partial charge in [-0.15, -0.1) is 0 Å². The summed E-state index contributed by atoms with van der Waals surface area (Å²) in [5.74, 6) is 0.638. The minimum Gasteiger partial charge on any atom is -0.323 e. The van der Waals surface area contributed by atoms with Gasteiger partial charge in [-0.05, 0) is 49.3 Å². The fourth-order valence-electron chi connectivity index (χ4n) is 3.73. The monoisotopic (exact) mass is 258 g/mol. The number of nitrogens with zero attached hydrogens (tertiary/aromatic N) is 1. The lowest BCUT2D eigenvalue weighted by Gasteiger charge is -2.42. The molecule has 1 aromatic carbocycles. The van der Waals surface area contributed by atoms with Crippen LogP contribution < -0.4 is 5.73 Å². The first-order valence-corrected chi connectivity index (χ1v) is 7.82. The van der Waals surface area contributed by atoms with Gasteiger partial charge >= 0.3 is 0 Å². The second-order valence-electron chi connectivity index (χ2n) is 6.33. The maximum Gasteiger partial charge on any atom is 0.0456 e. The number of hydrogen-bond acceptors (Lipinski definition) is 2. The molecule has 3 rings (SSSR count). The Bertz CT molecular complexity index is 439. The maximum absolute atomic E-state index is 6.61. The van der Waals surface area contributed by atoms with E-state index in [1.807, 2.05) is 0 Å². The lowest BCUT2D eigenvalue weighted by atomic mass is 9.77. The molecule has 3 unspecified atom stereocenters. The van der Waals surface area contributed by atoms with E-state index in [9.17, 15) is 0 Å². The van der Waals surface area contributed by atoms with E-state index in [1.165, 1.54) is 43.4 Å². The first-order chi connectivity index (χ1) is 9.22. The molecule has 104 valence electrons. The highest BCUT2D eigenvalue weighted by Crippen LogP contribution is 2.41. The van der Waals surface area contributed by atoms with E-state index in [0.29, 0.717) is 12.0 Å². The second-order valence-corrected chi connectivity index (χ2v) is 6.33. The predicted molar refractivity (Wildman–Crippen MR) is 80.2 cm³/mol. The van der Waals surface area contributed by atoms with Crippen LogP contribution in [0.25, 0.3) is 0 Å². The lowest BCUT2D eigenvalue weighted by Crippen LogP contribution is -2.47. The van der Waals surface area contributed by atoms with Crippen molar-refractivity contribution in [2.45, 2.75) is 63.6 Å². The van der Waals surface area contributed by atoms with Crippen LogP contribution in [0.1, 0.15) is 62.6 Å². The average molecular weight is 258 g/mol. The van der Waals surface area contributed by atoms with E-state index in [1.54, 1.807) is 0 Å². The van der Waals surface area contributed by atoms with Gasteiger partial charge in [-0.1, -0.05) is 38.1 Å².